The van der Waals surface area contributed by atoms with E-state index < -0.39 is 7.29 Å². The van der Waals surface area contributed by atoms with Crippen molar-refractivity contribution in [2.75, 3.05) is 13.7 Å². The molecule has 0 fully saturated rings. The van der Waals surface area contributed by atoms with Crippen LogP contribution < -0.4 is 5.09 Å². The molecule has 1 atom stereocenters. The summed E-state index contributed by atoms with van der Waals surface area (Å²) >= 11 is 0. The second kappa shape index (κ2) is 2.65. The van der Waals surface area contributed by atoms with Crippen LogP contribution in [0.3, 0.4) is 0 Å². The van der Waals surface area contributed by atoms with E-state index >= 15 is 0 Å². The molecule has 0 aliphatic rings. The van der Waals surface area contributed by atoms with Crippen LogP contribution in [0.15, 0.2) is 0 Å². The molecule has 0 aromatic heterocycles. The predicted octanol–water partition coefficient (Wildman–Crippen LogP) is 1.52. The van der Waals surface area contributed by atoms with Crippen LogP contribution in [-0.4, -0.2) is 19.4 Å². The zero-order chi connectivity index (χ0) is 6.78. The molecule has 3 heteroatoms. The van der Waals surface area contributed by atoms with Gasteiger partial charge in [-0.1, -0.05) is 13.8 Å². The molecule has 0 saturated heterocycles. The highest BCUT2D eigenvalue weighted by Crippen LogP contribution is 2.40. The number of rotatable bonds is 2. The van der Waals surface area contributed by atoms with Crippen molar-refractivity contribution in [3.8, 4) is 0 Å². The molecule has 0 aromatic rings. The summed E-state index contributed by atoms with van der Waals surface area (Å²) in [5, 5.41) is 2.80. The SMILES string of the molecule is CNP(C)(=O)C(C)C. The average Bonchev–Trinajstić information content (AvgIpc) is 1.67. The Labute approximate surface area is 51.1 Å². The third kappa shape index (κ3) is 1.97. The minimum absolute atomic E-state index is 0.257. The van der Waals surface area contributed by atoms with E-state index in [4.69, 9.17) is 0 Å². The van der Waals surface area contributed by atoms with Gasteiger partial charge in [0.2, 0.25) is 0 Å². The fourth-order valence-electron chi connectivity index (χ4n) is 0.258. The lowest BCUT2D eigenvalue weighted by atomic mass is 10.6. The summed E-state index contributed by atoms with van der Waals surface area (Å²) in [7, 11) is -0.258. The molecule has 1 N–H and O–H groups in total. The molecule has 0 aliphatic heterocycles. The van der Waals surface area contributed by atoms with Crippen LogP contribution in [0.2, 0.25) is 0 Å². The molecule has 0 spiro atoms. The average molecular weight is 135 g/mol. The molecule has 0 bridgehead atoms. The molecular formula is C5H14NOP. The second-order valence-electron chi connectivity index (χ2n) is 2.31. The van der Waals surface area contributed by atoms with Gasteiger partial charge < -0.3 is 4.57 Å². The van der Waals surface area contributed by atoms with E-state index in [9.17, 15) is 4.57 Å². The summed E-state index contributed by atoms with van der Waals surface area (Å²) in [6.07, 6.45) is 0. The van der Waals surface area contributed by atoms with E-state index in [0.29, 0.717) is 0 Å². The highest BCUT2D eigenvalue weighted by Gasteiger charge is 2.15. The maximum absolute atomic E-state index is 11.2. The Kier molecular flexibility index (Phi) is 2.72. The first-order chi connectivity index (χ1) is 3.50. The Morgan fingerprint density at radius 1 is 1.50 bits per heavy atom. The lowest BCUT2D eigenvalue weighted by Crippen LogP contribution is -2.09. The smallest absolute Gasteiger partial charge is 0.147 e. The predicted molar refractivity (Wildman–Crippen MR) is 37.7 cm³/mol. The highest BCUT2D eigenvalue weighted by molar-refractivity contribution is 7.61. The van der Waals surface area contributed by atoms with Gasteiger partial charge in [0.25, 0.3) is 0 Å². The van der Waals surface area contributed by atoms with Crippen molar-refractivity contribution in [2.45, 2.75) is 19.5 Å². The summed E-state index contributed by atoms with van der Waals surface area (Å²) < 4.78 is 11.2. The third-order valence-electron chi connectivity index (χ3n) is 1.43. The molecule has 0 radical (unpaired) electrons. The molecule has 0 saturated carbocycles. The topological polar surface area (TPSA) is 29.1 Å². The van der Waals surface area contributed by atoms with Crippen molar-refractivity contribution in [1.82, 2.24) is 5.09 Å². The van der Waals surface area contributed by atoms with Gasteiger partial charge in [0.05, 0.1) is 0 Å². The van der Waals surface area contributed by atoms with Crippen LogP contribution in [-0.2, 0) is 4.57 Å². The van der Waals surface area contributed by atoms with E-state index in [-0.39, 0.29) is 5.66 Å². The Hall–Kier alpha value is 0.190. The Bertz CT molecular complexity index is 111. The fraction of sp³-hybridized carbons (Fsp3) is 1.00. The monoisotopic (exact) mass is 135 g/mol. The zero-order valence-electron chi connectivity index (χ0n) is 5.93. The minimum Gasteiger partial charge on any atom is -0.307 e. The van der Waals surface area contributed by atoms with Crippen LogP contribution in [0.4, 0.5) is 0 Å². The molecular weight excluding hydrogens is 121 g/mol. The Balaban J connectivity index is 3.93. The van der Waals surface area contributed by atoms with Gasteiger partial charge in [0.1, 0.15) is 7.29 Å². The number of hydrogen-bond donors (Lipinski definition) is 1. The number of nitrogens with one attached hydrogen (secondary N) is 1. The lowest BCUT2D eigenvalue weighted by molar-refractivity contribution is 0.566. The number of hydrogen-bond acceptors (Lipinski definition) is 1. The summed E-state index contributed by atoms with van der Waals surface area (Å²) in [6.45, 7) is 5.67. The van der Waals surface area contributed by atoms with Crippen molar-refractivity contribution in [3.63, 3.8) is 0 Å². The van der Waals surface area contributed by atoms with Gasteiger partial charge >= 0.3 is 0 Å². The van der Waals surface area contributed by atoms with E-state index in [1.54, 1.807) is 13.7 Å². The summed E-state index contributed by atoms with van der Waals surface area (Å²) in [4.78, 5) is 0. The first-order valence-corrected chi connectivity index (χ1v) is 4.99. The van der Waals surface area contributed by atoms with Gasteiger partial charge in [-0.25, -0.2) is 0 Å². The summed E-state index contributed by atoms with van der Waals surface area (Å²) in [5.41, 5.74) is 0.257. The third-order valence-corrected chi connectivity index (χ3v) is 4.29. The van der Waals surface area contributed by atoms with E-state index in [1.165, 1.54) is 0 Å². The largest absolute Gasteiger partial charge is 0.307 e. The standard InChI is InChI=1S/C5H14NOP/c1-5(2)8(4,7)6-3/h5H,1-4H3,(H,6,7). The van der Waals surface area contributed by atoms with Crippen molar-refractivity contribution in [1.29, 1.82) is 0 Å². The quantitative estimate of drug-likeness (QED) is 0.581. The molecule has 0 amide bonds. The van der Waals surface area contributed by atoms with Crippen LogP contribution in [0.25, 0.3) is 0 Å². The molecule has 8 heavy (non-hydrogen) atoms. The van der Waals surface area contributed by atoms with Crippen molar-refractivity contribution in [2.24, 2.45) is 0 Å². The molecule has 0 aromatic carbocycles. The van der Waals surface area contributed by atoms with Gasteiger partial charge in [0.15, 0.2) is 0 Å². The Morgan fingerprint density at radius 3 is 1.88 bits per heavy atom. The van der Waals surface area contributed by atoms with Gasteiger partial charge in [-0.3, -0.25) is 5.09 Å². The zero-order valence-corrected chi connectivity index (χ0v) is 6.83. The molecule has 2 nitrogen and oxygen atoms in total. The molecule has 50 valence electrons. The highest BCUT2D eigenvalue weighted by atomic mass is 31.2. The van der Waals surface area contributed by atoms with Gasteiger partial charge in [-0.2, -0.15) is 0 Å². The van der Waals surface area contributed by atoms with Gasteiger partial charge in [-0.15, -0.1) is 0 Å². The van der Waals surface area contributed by atoms with Crippen molar-refractivity contribution in [3.05, 3.63) is 0 Å². The normalized spacial score (nSPS) is 18.6. The van der Waals surface area contributed by atoms with E-state index in [0.717, 1.165) is 0 Å². The lowest BCUT2D eigenvalue weighted by Gasteiger charge is -2.14. The molecule has 0 rings (SSSR count). The van der Waals surface area contributed by atoms with Crippen molar-refractivity contribution >= 4 is 7.29 Å². The van der Waals surface area contributed by atoms with Crippen LogP contribution >= 0.6 is 7.29 Å². The minimum atomic E-state index is -2.00. The van der Waals surface area contributed by atoms with Crippen molar-refractivity contribution < 1.29 is 4.57 Å². The van der Waals surface area contributed by atoms with Crippen LogP contribution in [0.1, 0.15) is 13.8 Å². The Morgan fingerprint density at radius 2 is 1.88 bits per heavy atom. The first kappa shape index (κ1) is 8.19. The van der Waals surface area contributed by atoms with Gasteiger partial charge in [-0.05, 0) is 7.05 Å². The van der Waals surface area contributed by atoms with E-state index in [2.05, 4.69) is 5.09 Å². The summed E-state index contributed by atoms with van der Waals surface area (Å²) in [6, 6.07) is 0. The van der Waals surface area contributed by atoms with Crippen LogP contribution in [0.5, 0.6) is 0 Å². The maximum atomic E-state index is 11.2. The van der Waals surface area contributed by atoms with Crippen LogP contribution in [0, 0.1) is 0 Å². The van der Waals surface area contributed by atoms with E-state index in [1.807, 2.05) is 13.8 Å². The summed E-state index contributed by atoms with van der Waals surface area (Å²) in [5.74, 6) is 0. The fourth-order valence-corrected chi connectivity index (χ4v) is 0.775. The second-order valence-corrected chi connectivity index (χ2v) is 5.77. The first-order valence-electron chi connectivity index (χ1n) is 2.77. The molecule has 0 heterocycles. The van der Waals surface area contributed by atoms with Gasteiger partial charge in [0, 0.05) is 12.3 Å². The molecule has 0 aliphatic carbocycles. The molecule has 1 unspecified atom stereocenters. The maximum Gasteiger partial charge on any atom is 0.147 e.